The summed E-state index contributed by atoms with van der Waals surface area (Å²) in [5.41, 5.74) is 4.18. The molecule has 2 aromatic carbocycles. The first-order valence-corrected chi connectivity index (χ1v) is 10.1. The van der Waals surface area contributed by atoms with E-state index in [-0.39, 0.29) is 11.6 Å². The van der Waals surface area contributed by atoms with E-state index >= 15 is 0 Å². The van der Waals surface area contributed by atoms with Crippen molar-refractivity contribution in [3.05, 3.63) is 70.1 Å². The van der Waals surface area contributed by atoms with Crippen LogP contribution in [0.25, 0.3) is 11.0 Å². The molecule has 4 rings (SSSR count). The van der Waals surface area contributed by atoms with E-state index in [1.807, 2.05) is 24.3 Å². The lowest BCUT2D eigenvalue weighted by molar-refractivity contribution is -0.121. The van der Waals surface area contributed by atoms with Gasteiger partial charge in [0.1, 0.15) is 0 Å². The van der Waals surface area contributed by atoms with Gasteiger partial charge in [0.15, 0.2) is 0 Å². The van der Waals surface area contributed by atoms with Crippen LogP contribution in [0.3, 0.4) is 0 Å². The van der Waals surface area contributed by atoms with Crippen molar-refractivity contribution in [3.63, 3.8) is 0 Å². The minimum atomic E-state index is -0.0966. The minimum Gasteiger partial charge on any atom is -0.356 e. The van der Waals surface area contributed by atoms with Crippen molar-refractivity contribution in [2.75, 3.05) is 6.54 Å². The highest BCUT2D eigenvalue weighted by Crippen LogP contribution is 2.44. The first-order valence-electron chi connectivity index (χ1n) is 10.1. The molecular formula is C23H27N3O2. The number of hydrogen-bond donors (Lipinski definition) is 2. The Bertz CT molecular complexity index is 1010. The van der Waals surface area contributed by atoms with Crippen molar-refractivity contribution in [1.29, 1.82) is 0 Å². The molecule has 1 aliphatic carbocycles. The molecule has 1 aliphatic rings. The molecule has 5 nitrogen and oxygen atoms in total. The minimum absolute atomic E-state index is 0.0966. The lowest BCUT2D eigenvalue weighted by atomic mass is 9.90. The summed E-state index contributed by atoms with van der Waals surface area (Å²) in [7, 11) is 0. The third kappa shape index (κ3) is 4.19. The zero-order valence-electron chi connectivity index (χ0n) is 16.3. The fourth-order valence-electron chi connectivity index (χ4n) is 3.93. The van der Waals surface area contributed by atoms with E-state index < -0.39 is 0 Å². The van der Waals surface area contributed by atoms with E-state index in [9.17, 15) is 9.59 Å². The Hall–Kier alpha value is -2.82. The van der Waals surface area contributed by atoms with Gasteiger partial charge in [-0.3, -0.25) is 9.36 Å². The van der Waals surface area contributed by atoms with E-state index in [0.29, 0.717) is 31.3 Å². The summed E-state index contributed by atoms with van der Waals surface area (Å²) in [6.07, 6.45) is 3.71. The molecule has 0 saturated heterocycles. The van der Waals surface area contributed by atoms with Crippen LogP contribution in [0.1, 0.15) is 42.7 Å². The largest absolute Gasteiger partial charge is 0.356 e. The Morgan fingerprint density at radius 3 is 2.68 bits per heavy atom. The standard InChI is InChI=1S/C23H27N3O2/c1-16-7-9-17(10-8-16)19(18-11-12-18)15-22(27)24-13-4-14-26-21-6-3-2-5-20(21)25-23(26)28/h2-3,5-10,18-19H,4,11-15H2,1H3,(H,24,27)(H,25,28). The van der Waals surface area contributed by atoms with Crippen LogP contribution < -0.4 is 11.0 Å². The predicted octanol–water partition coefficient (Wildman–Crippen LogP) is 3.73. The van der Waals surface area contributed by atoms with Crippen molar-refractivity contribution in [2.24, 2.45) is 5.92 Å². The molecule has 5 heteroatoms. The third-order valence-electron chi connectivity index (χ3n) is 5.66. The molecule has 0 spiro atoms. The van der Waals surface area contributed by atoms with Crippen LogP contribution in [-0.2, 0) is 11.3 Å². The quantitative estimate of drug-likeness (QED) is 0.588. The Kier molecular flexibility index (Phi) is 5.33. The number of nitrogens with one attached hydrogen (secondary N) is 2. The molecule has 1 atom stereocenters. The summed E-state index contributed by atoms with van der Waals surface area (Å²) in [6, 6.07) is 16.3. The Labute approximate surface area is 164 Å². The van der Waals surface area contributed by atoms with Gasteiger partial charge in [0, 0.05) is 19.5 Å². The number of nitrogens with zero attached hydrogens (tertiary/aromatic N) is 1. The first kappa shape index (κ1) is 18.5. The molecule has 1 saturated carbocycles. The molecule has 2 N–H and O–H groups in total. The molecule has 1 fully saturated rings. The number of imidazole rings is 1. The Morgan fingerprint density at radius 2 is 1.93 bits per heavy atom. The summed E-state index contributed by atoms with van der Waals surface area (Å²) < 4.78 is 1.74. The van der Waals surface area contributed by atoms with Crippen LogP contribution >= 0.6 is 0 Å². The predicted molar refractivity (Wildman–Crippen MR) is 111 cm³/mol. The summed E-state index contributed by atoms with van der Waals surface area (Å²) in [4.78, 5) is 27.4. The van der Waals surface area contributed by atoms with Gasteiger partial charge in [0.25, 0.3) is 0 Å². The van der Waals surface area contributed by atoms with Gasteiger partial charge in [-0.15, -0.1) is 0 Å². The Morgan fingerprint density at radius 1 is 1.18 bits per heavy atom. The van der Waals surface area contributed by atoms with Crippen LogP contribution in [0.5, 0.6) is 0 Å². The molecule has 146 valence electrons. The van der Waals surface area contributed by atoms with Crippen molar-refractivity contribution in [1.82, 2.24) is 14.9 Å². The van der Waals surface area contributed by atoms with Gasteiger partial charge in [-0.25, -0.2) is 4.79 Å². The summed E-state index contributed by atoms with van der Waals surface area (Å²) in [6.45, 7) is 3.25. The van der Waals surface area contributed by atoms with Crippen LogP contribution in [0.15, 0.2) is 53.3 Å². The summed E-state index contributed by atoms with van der Waals surface area (Å²) in [5.74, 6) is 1.05. The smallest absolute Gasteiger partial charge is 0.326 e. The molecule has 1 aromatic heterocycles. The molecule has 1 amide bonds. The molecule has 1 heterocycles. The van der Waals surface area contributed by atoms with Gasteiger partial charge in [-0.1, -0.05) is 42.0 Å². The number of para-hydroxylation sites is 2. The topological polar surface area (TPSA) is 66.9 Å². The second kappa shape index (κ2) is 8.05. The number of aryl methyl sites for hydroxylation is 2. The Balaban J connectivity index is 1.30. The van der Waals surface area contributed by atoms with Crippen molar-refractivity contribution in [3.8, 4) is 0 Å². The average molecular weight is 377 g/mol. The molecule has 28 heavy (non-hydrogen) atoms. The third-order valence-corrected chi connectivity index (χ3v) is 5.66. The SMILES string of the molecule is Cc1ccc(C(CC(=O)NCCCn2c(=O)[nH]c3ccccc32)C2CC2)cc1. The van der Waals surface area contributed by atoms with Crippen LogP contribution in [-0.4, -0.2) is 22.0 Å². The molecular weight excluding hydrogens is 350 g/mol. The van der Waals surface area contributed by atoms with Gasteiger partial charge in [-0.2, -0.15) is 0 Å². The molecule has 0 bridgehead atoms. The van der Waals surface area contributed by atoms with E-state index in [1.165, 1.54) is 24.0 Å². The zero-order chi connectivity index (χ0) is 19.5. The van der Waals surface area contributed by atoms with Gasteiger partial charge in [0.2, 0.25) is 5.91 Å². The van der Waals surface area contributed by atoms with Gasteiger partial charge in [0.05, 0.1) is 11.0 Å². The van der Waals surface area contributed by atoms with E-state index in [1.54, 1.807) is 4.57 Å². The van der Waals surface area contributed by atoms with E-state index in [2.05, 4.69) is 41.5 Å². The van der Waals surface area contributed by atoms with Gasteiger partial charge >= 0.3 is 5.69 Å². The van der Waals surface area contributed by atoms with Crippen LogP contribution in [0.2, 0.25) is 0 Å². The van der Waals surface area contributed by atoms with Crippen molar-refractivity contribution >= 4 is 16.9 Å². The van der Waals surface area contributed by atoms with Gasteiger partial charge in [-0.05, 0) is 55.7 Å². The summed E-state index contributed by atoms with van der Waals surface area (Å²) >= 11 is 0. The normalized spacial score (nSPS) is 14.9. The van der Waals surface area contributed by atoms with Crippen molar-refractivity contribution in [2.45, 2.75) is 45.1 Å². The lowest BCUT2D eigenvalue weighted by Gasteiger charge is -2.17. The highest BCUT2D eigenvalue weighted by Gasteiger charge is 2.33. The van der Waals surface area contributed by atoms with Gasteiger partial charge < -0.3 is 10.3 Å². The number of aromatic amines is 1. The average Bonchev–Trinajstić information content (AvgIpc) is 3.48. The lowest BCUT2D eigenvalue weighted by Crippen LogP contribution is -2.28. The van der Waals surface area contributed by atoms with E-state index in [4.69, 9.17) is 0 Å². The maximum absolute atomic E-state index is 12.5. The highest BCUT2D eigenvalue weighted by atomic mass is 16.2. The number of H-pyrrole nitrogens is 1. The number of aromatic nitrogens is 2. The number of carbonyl (C=O) groups is 1. The number of amides is 1. The number of benzene rings is 2. The first-order chi connectivity index (χ1) is 13.6. The zero-order valence-corrected chi connectivity index (χ0v) is 16.3. The van der Waals surface area contributed by atoms with Crippen molar-refractivity contribution < 1.29 is 4.79 Å². The molecule has 0 radical (unpaired) electrons. The maximum Gasteiger partial charge on any atom is 0.326 e. The van der Waals surface area contributed by atoms with E-state index in [0.717, 1.165) is 17.5 Å². The van der Waals surface area contributed by atoms with Crippen LogP contribution in [0.4, 0.5) is 0 Å². The second-order valence-electron chi connectivity index (χ2n) is 7.86. The number of fused-ring (bicyclic) bond motifs is 1. The second-order valence-corrected chi connectivity index (χ2v) is 7.86. The number of carbonyl (C=O) groups excluding carboxylic acids is 1. The highest BCUT2D eigenvalue weighted by molar-refractivity contribution is 5.77. The molecule has 3 aromatic rings. The van der Waals surface area contributed by atoms with Crippen LogP contribution in [0, 0.1) is 12.8 Å². The number of rotatable bonds is 8. The number of hydrogen-bond acceptors (Lipinski definition) is 2. The monoisotopic (exact) mass is 377 g/mol. The molecule has 1 unspecified atom stereocenters. The fraction of sp³-hybridized carbons (Fsp3) is 0.391. The molecule has 0 aliphatic heterocycles. The summed E-state index contributed by atoms with van der Waals surface area (Å²) in [5, 5.41) is 3.04. The maximum atomic E-state index is 12.5. The fourth-order valence-corrected chi connectivity index (χ4v) is 3.93.